The highest BCUT2D eigenvalue weighted by Crippen LogP contribution is 2.18. The quantitative estimate of drug-likeness (QED) is 0.224. The fourth-order valence-corrected chi connectivity index (χ4v) is 2.66. The standard InChI is InChI=1S/C9H6N6O3.C9H8N6O/c1-13-9(16)14(12-11-13)7-2-6(5-10)3-8(4-7)15(17)18;1-14-9(16)15(13-12-14)8-3-6(5-10)2-7(11)4-8/h2-4H,1H3;2-4H,11H2,1H3. The van der Waals surface area contributed by atoms with Crippen LogP contribution in [0, 0.1) is 32.8 Å². The number of non-ortho nitro benzene ring substituents is 1. The van der Waals surface area contributed by atoms with Crippen molar-refractivity contribution in [2.75, 3.05) is 5.73 Å². The van der Waals surface area contributed by atoms with Gasteiger partial charge in [0, 0.05) is 31.9 Å². The zero-order chi connectivity index (χ0) is 25.0. The van der Waals surface area contributed by atoms with E-state index in [9.17, 15) is 19.7 Å². The number of nitrogens with two attached hydrogens (primary N) is 1. The largest absolute Gasteiger partial charge is 0.399 e. The molecule has 170 valence electrons. The molecule has 0 saturated carbocycles. The average Bonchev–Trinajstić information content (AvgIpc) is 3.34. The smallest absolute Gasteiger partial charge is 0.368 e. The number of aromatic nitrogens is 8. The van der Waals surface area contributed by atoms with Crippen LogP contribution in [-0.4, -0.2) is 44.5 Å². The lowest BCUT2D eigenvalue weighted by Gasteiger charge is -2.00. The first-order valence-electron chi connectivity index (χ1n) is 9.13. The molecule has 16 nitrogen and oxygen atoms in total. The lowest BCUT2D eigenvalue weighted by atomic mass is 10.2. The van der Waals surface area contributed by atoms with Crippen molar-refractivity contribution in [3.63, 3.8) is 0 Å². The summed E-state index contributed by atoms with van der Waals surface area (Å²) >= 11 is 0. The lowest BCUT2D eigenvalue weighted by molar-refractivity contribution is -0.384. The minimum absolute atomic E-state index is 0.0664. The number of nitrogens with zero attached hydrogens (tertiary/aromatic N) is 11. The molecule has 0 bridgehead atoms. The van der Waals surface area contributed by atoms with Crippen LogP contribution in [0.2, 0.25) is 0 Å². The van der Waals surface area contributed by atoms with Gasteiger partial charge < -0.3 is 5.73 Å². The molecule has 34 heavy (non-hydrogen) atoms. The SMILES string of the molecule is Cn1nnn(-c2cc(C#N)cc([N+](=O)[O-])c2)c1=O.Cn1nnn(-c2cc(N)cc(C#N)c2)c1=O. The van der Waals surface area contributed by atoms with E-state index < -0.39 is 16.3 Å². The van der Waals surface area contributed by atoms with Crippen molar-refractivity contribution < 1.29 is 4.92 Å². The van der Waals surface area contributed by atoms with Gasteiger partial charge in [-0.15, -0.1) is 0 Å². The van der Waals surface area contributed by atoms with E-state index in [2.05, 4.69) is 20.9 Å². The van der Waals surface area contributed by atoms with Crippen LogP contribution in [0.1, 0.15) is 11.1 Å². The third kappa shape index (κ3) is 4.65. The molecule has 0 unspecified atom stereocenters. The zero-order valence-corrected chi connectivity index (χ0v) is 17.6. The molecule has 4 rings (SSSR count). The van der Waals surface area contributed by atoms with Crippen LogP contribution in [0.25, 0.3) is 11.4 Å². The van der Waals surface area contributed by atoms with Gasteiger partial charge in [0.15, 0.2) is 0 Å². The van der Waals surface area contributed by atoms with Gasteiger partial charge in [-0.3, -0.25) is 10.1 Å². The second-order valence-corrected chi connectivity index (χ2v) is 6.63. The van der Waals surface area contributed by atoms with Gasteiger partial charge >= 0.3 is 11.4 Å². The van der Waals surface area contributed by atoms with Gasteiger partial charge in [-0.25, -0.2) is 9.59 Å². The summed E-state index contributed by atoms with van der Waals surface area (Å²) in [6, 6.07) is 11.9. The number of hydrogen-bond donors (Lipinski definition) is 1. The number of hydrogen-bond acceptors (Lipinski definition) is 11. The second-order valence-electron chi connectivity index (χ2n) is 6.63. The molecule has 0 atom stereocenters. The lowest BCUT2D eigenvalue weighted by Crippen LogP contribution is -2.22. The summed E-state index contributed by atoms with van der Waals surface area (Å²) < 4.78 is 4.03. The molecule has 0 radical (unpaired) electrons. The Morgan fingerprint density at radius 3 is 1.71 bits per heavy atom. The molecular formula is C18H14N12O4. The van der Waals surface area contributed by atoms with E-state index in [1.807, 2.05) is 6.07 Å². The Balaban J connectivity index is 0.000000192. The highest BCUT2D eigenvalue weighted by atomic mass is 16.6. The third-order valence-electron chi connectivity index (χ3n) is 4.24. The van der Waals surface area contributed by atoms with Crippen molar-refractivity contribution in [1.29, 1.82) is 10.5 Å². The van der Waals surface area contributed by atoms with E-state index >= 15 is 0 Å². The van der Waals surface area contributed by atoms with Gasteiger partial charge in [0.1, 0.15) is 0 Å². The van der Waals surface area contributed by atoms with Crippen LogP contribution < -0.4 is 17.1 Å². The Bertz CT molecular complexity index is 1590. The van der Waals surface area contributed by atoms with Crippen molar-refractivity contribution in [3.05, 3.63) is 78.6 Å². The Kier molecular flexibility index (Phi) is 6.26. The van der Waals surface area contributed by atoms with Crippen molar-refractivity contribution in [2.24, 2.45) is 14.1 Å². The average molecular weight is 462 g/mol. The van der Waals surface area contributed by atoms with Crippen LogP contribution in [0.5, 0.6) is 0 Å². The molecule has 4 aromatic rings. The number of anilines is 1. The number of nitriles is 2. The maximum atomic E-state index is 11.6. The summed E-state index contributed by atoms with van der Waals surface area (Å²) in [5.74, 6) is 0. The predicted molar refractivity (Wildman–Crippen MR) is 114 cm³/mol. The molecular weight excluding hydrogens is 448 g/mol. The van der Waals surface area contributed by atoms with Crippen LogP contribution >= 0.6 is 0 Å². The summed E-state index contributed by atoms with van der Waals surface area (Å²) in [5.41, 5.74) is 5.75. The van der Waals surface area contributed by atoms with Crippen LogP contribution in [0.3, 0.4) is 0 Å². The summed E-state index contributed by atoms with van der Waals surface area (Å²) in [6.45, 7) is 0. The molecule has 16 heteroatoms. The zero-order valence-electron chi connectivity index (χ0n) is 17.6. The molecule has 2 heterocycles. The van der Waals surface area contributed by atoms with Gasteiger partial charge in [-0.2, -0.15) is 29.3 Å². The normalized spacial score (nSPS) is 10.0. The highest BCUT2D eigenvalue weighted by Gasteiger charge is 2.14. The highest BCUT2D eigenvalue weighted by molar-refractivity contribution is 5.54. The predicted octanol–water partition coefficient (Wildman–Crippen LogP) is -0.834. The number of rotatable bonds is 3. The van der Waals surface area contributed by atoms with E-state index in [0.29, 0.717) is 16.9 Å². The molecule has 2 aromatic carbocycles. The second kappa shape index (κ2) is 9.24. The van der Waals surface area contributed by atoms with Crippen LogP contribution in [0.4, 0.5) is 11.4 Å². The molecule has 0 fully saturated rings. The van der Waals surface area contributed by atoms with E-state index in [0.717, 1.165) is 30.9 Å². The minimum atomic E-state index is -0.647. The van der Waals surface area contributed by atoms with Crippen LogP contribution in [-0.2, 0) is 14.1 Å². The number of benzene rings is 2. The Labute approximate surface area is 189 Å². The Morgan fingerprint density at radius 2 is 1.29 bits per heavy atom. The molecule has 0 aliphatic heterocycles. The molecule has 0 spiro atoms. The van der Waals surface area contributed by atoms with Crippen molar-refractivity contribution in [3.8, 4) is 23.5 Å². The summed E-state index contributed by atoms with van der Waals surface area (Å²) in [5, 5.41) is 42.5. The molecule has 0 amide bonds. The number of nitrogen functional groups attached to an aromatic ring is 1. The fourth-order valence-electron chi connectivity index (χ4n) is 2.66. The molecule has 0 aliphatic carbocycles. The van der Waals surface area contributed by atoms with Crippen molar-refractivity contribution >= 4 is 11.4 Å². The minimum Gasteiger partial charge on any atom is -0.399 e. The van der Waals surface area contributed by atoms with E-state index in [1.54, 1.807) is 12.1 Å². The summed E-state index contributed by atoms with van der Waals surface area (Å²) in [7, 11) is 2.89. The van der Waals surface area contributed by atoms with Gasteiger partial charge in [0.25, 0.3) is 5.69 Å². The van der Waals surface area contributed by atoms with Gasteiger partial charge in [-0.05, 0) is 45.1 Å². The fraction of sp³-hybridized carbons (Fsp3) is 0.111. The van der Waals surface area contributed by atoms with E-state index in [4.69, 9.17) is 16.3 Å². The molecule has 0 aliphatic rings. The van der Waals surface area contributed by atoms with Crippen LogP contribution in [0.15, 0.2) is 46.0 Å². The summed E-state index contributed by atoms with van der Waals surface area (Å²) in [4.78, 5) is 33.2. The van der Waals surface area contributed by atoms with Gasteiger partial charge in [-0.1, -0.05) is 0 Å². The summed E-state index contributed by atoms with van der Waals surface area (Å²) in [6.07, 6.45) is 0. The molecule has 2 aromatic heterocycles. The van der Waals surface area contributed by atoms with Gasteiger partial charge in [0.05, 0.1) is 39.6 Å². The number of tetrazole rings is 2. The number of nitro groups is 1. The van der Waals surface area contributed by atoms with Gasteiger partial charge in [0.2, 0.25) is 0 Å². The number of aryl methyl sites for hydroxylation is 2. The topological polar surface area (TPSA) is 222 Å². The Morgan fingerprint density at radius 1 is 0.824 bits per heavy atom. The third-order valence-corrected chi connectivity index (χ3v) is 4.24. The Hall–Kier alpha value is -5.64. The first kappa shape index (κ1) is 23.0. The number of nitro benzene ring substituents is 1. The maximum absolute atomic E-state index is 11.6. The van der Waals surface area contributed by atoms with Crippen molar-refractivity contribution in [2.45, 2.75) is 0 Å². The monoisotopic (exact) mass is 462 g/mol. The first-order chi connectivity index (χ1) is 16.1. The maximum Gasteiger partial charge on any atom is 0.368 e. The molecule has 0 saturated heterocycles. The molecule has 2 N–H and O–H groups in total. The first-order valence-corrected chi connectivity index (χ1v) is 9.13. The van der Waals surface area contributed by atoms with Crippen molar-refractivity contribution in [1.82, 2.24) is 39.6 Å². The van der Waals surface area contributed by atoms with E-state index in [-0.39, 0.29) is 16.9 Å². The van der Waals surface area contributed by atoms with E-state index in [1.165, 1.54) is 32.3 Å².